The van der Waals surface area contributed by atoms with Crippen LogP contribution in [0.5, 0.6) is 5.75 Å². The maximum absolute atomic E-state index is 14.3. The zero-order valence-electron chi connectivity index (χ0n) is 23.7. The number of benzene rings is 3. The topological polar surface area (TPSA) is 175 Å². The summed E-state index contributed by atoms with van der Waals surface area (Å²) >= 11 is 0. The zero-order chi connectivity index (χ0) is 31.1. The number of hydrogen-bond donors (Lipinski definition) is 4. The molecule has 3 heterocycles. The standard InChI is InChI=1S/C32H29N5O7/c1-44-18-8-6-7-17(15-18)28-27-21(19-9-2-4-11-22(19)34-27)16-25-30(40)37(32(43)36(25)28)24-12-5-3-10-20(24)29(39)35-23(31(41)42)13-14-26(33)38/h2-12,15,23,25,28,34H,13-14,16H2,1H3,(H2,33,38)(H,35,39)(H,41,42). The van der Waals surface area contributed by atoms with Gasteiger partial charge in [-0.1, -0.05) is 42.5 Å². The summed E-state index contributed by atoms with van der Waals surface area (Å²) in [4.78, 5) is 70.8. The molecule has 224 valence electrons. The van der Waals surface area contributed by atoms with Gasteiger partial charge in [0.2, 0.25) is 5.91 Å². The molecule has 0 spiro atoms. The molecule has 0 bridgehead atoms. The van der Waals surface area contributed by atoms with Gasteiger partial charge in [-0.3, -0.25) is 19.3 Å². The number of carboxylic acids is 1. The second-order valence-electron chi connectivity index (χ2n) is 10.7. The molecule has 3 aromatic carbocycles. The molecule has 3 atom stereocenters. The van der Waals surface area contributed by atoms with Crippen LogP contribution in [0.1, 0.15) is 46.1 Å². The number of aliphatic carboxylic acids is 1. The summed E-state index contributed by atoms with van der Waals surface area (Å²) in [7, 11) is 1.55. The first-order valence-corrected chi connectivity index (χ1v) is 14.0. The number of nitrogens with one attached hydrogen (secondary N) is 2. The molecule has 1 aromatic heterocycles. The largest absolute Gasteiger partial charge is 0.497 e. The number of nitrogens with zero attached hydrogens (tertiary/aromatic N) is 2. The van der Waals surface area contributed by atoms with Crippen LogP contribution < -0.4 is 20.7 Å². The Morgan fingerprint density at radius 2 is 1.82 bits per heavy atom. The molecule has 2 aliphatic heterocycles. The Kier molecular flexibility index (Phi) is 7.25. The molecule has 1 fully saturated rings. The molecule has 4 aromatic rings. The molecule has 5 amide bonds. The highest BCUT2D eigenvalue weighted by Gasteiger charge is 2.53. The van der Waals surface area contributed by atoms with E-state index in [0.717, 1.165) is 32.6 Å². The Labute approximate surface area is 251 Å². The fraction of sp³-hybridized carbons (Fsp3) is 0.219. The number of H-pyrrole nitrogens is 1. The van der Waals surface area contributed by atoms with E-state index in [1.807, 2.05) is 42.5 Å². The lowest BCUT2D eigenvalue weighted by Gasteiger charge is -2.36. The third-order valence-electron chi connectivity index (χ3n) is 8.13. The van der Waals surface area contributed by atoms with Crippen molar-refractivity contribution in [2.24, 2.45) is 5.73 Å². The number of amides is 5. The van der Waals surface area contributed by atoms with Crippen molar-refractivity contribution in [1.82, 2.24) is 15.2 Å². The van der Waals surface area contributed by atoms with Crippen molar-refractivity contribution in [2.75, 3.05) is 12.0 Å². The number of imide groups is 1. The maximum Gasteiger partial charge on any atom is 0.332 e. The highest BCUT2D eigenvalue weighted by atomic mass is 16.5. The van der Waals surface area contributed by atoms with Crippen molar-refractivity contribution in [3.8, 4) is 5.75 Å². The molecule has 2 aliphatic rings. The lowest BCUT2D eigenvalue weighted by molar-refractivity contribution is -0.139. The first kappa shape index (κ1) is 28.5. The van der Waals surface area contributed by atoms with Gasteiger partial charge in [0.15, 0.2) is 0 Å². The van der Waals surface area contributed by atoms with Crippen LogP contribution in [-0.4, -0.2) is 63.9 Å². The number of rotatable bonds is 9. The predicted molar refractivity (Wildman–Crippen MR) is 159 cm³/mol. The van der Waals surface area contributed by atoms with E-state index in [1.54, 1.807) is 25.3 Å². The predicted octanol–water partition coefficient (Wildman–Crippen LogP) is 3.11. The maximum atomic E-state index is 14.3. The Hall–Kier alpha value is -5.65. The second kappa shape index (κ2) is 11.2. The van der Waals surface area contributed by atoms with Crippen molar-refractivity contribution in [3.63, 3.8) is 0 Å². The normalized spacial score (nSPS) is 18.1. The third kappa shape index (κ3) is 4.79. The van der Waals surface area contributed by atoms with Gasteiger partial charge in [-0.15, -0.1) is 0 Å². The van der Waals surface area contributed by atoms with E-state index < -0.39 is 47.8 Å². The van der Waals surface area contributed by atoms with Crippen LogP contribution in [0.3, 0.4) is 0 Å². The van der Waals surface area contributed by atoms with Gasteiger partial charge >= 0.3 is 12.0 Å². The van der Waals surface area contributed by atoms with Crippen LogP contribution in [-0.2, 0) is 20.8 Å². The summed E-state index contributed by atoms with van der Waals surface area (Å²) in [6, 6.07) is 17.5. The van der Waals surface area contributed by atoms with Crippen molar-refractivity contribution >= 4 is 46.3 Å². The first-order chi connectivity index (χ1) is 21.2. The second-order valence-corrected chi connectivity index (χ2v) is 10.7. The molecule has 12 heteroatoms. The van der Waals surface area contributed by atoms with Gasteiger partial charge in [0.1, 0.15) is 23.9 Å². The fourth-order valence-electron chi connectivity index (χ4n) is 6.09. The number of aromatic amines is 1. The molecule has 0 saturated carbocycles. The lowest BCUT2D eigenvalue weighted by Crippen LogP contribution is -2.44. The summed E-state index contributed by atoms with van der Waals surface area (Å²) < 4.78 is 5.46. The molecule has 1 saturated heterocycles. The first-order valence-electron chi connectivity index (χ1n) is 14.0. The van der Waals surface area contributed by atoms with E-state index in [-0.39, 0.29) is 30.5 Å². The van der Waals surface area contributed by atoms with Crippen LogP contribution in [0.25, 0.3) is 10.9 Å². The van der Waals surface area contributed by atoms with Gasteiger partial charge in [-0.2, -0.15) is 0 Å². The molecule has 0 aliphatic carbocycles. The number of urea groups is 1. The summed E-state index contributed by atoms with van der Waals surface area (Å²) in [5.74, 6) is -2.80. The number of carbonyl (C=O) groups is 5. The Bertz CT molecular complexity index is 1830. The van der Waals surface area contributed by atoms with Gasteiger partial charge in [-0.25, -0.2) is 14.5 Å². The van der Waals surface area contributed by atoms with Crippen molar-refractivity contribution in [2.45, 2.75) is 37.4 Å². The molecular formula is C32H29N5O7. The minimum Gasteiger partial charge on any atom is -0.497 e. The molecule has 44 heavy (non-hydrogen) atoms. The molecule has 6 rings (SSSR count). The minimum absolute atomic E-state index is 0.0198. The molecule has 0 radical (unpaired) electrons. The van der Waals surface area contributed by atoms with Gasteiger partial charge in [0, 0.05) is 29.4 Å². The van der Waals surface area contributed by atoms with Crippen LogP contribution in [0, 0.1) is 0 Å². The summed E-state index contributed by atoms with van der Waals surface area (Å²) in [6.07, 6.45) is -0.216. The van der Waals surface area contributed by atoms with Gasteiger partial charge in [-0.05, 0) is 47.9 Å². The molecular weight excluding hydrogens is 566 g/mol. The number of anilines is 1. The van der Waals surface area contributed by atoms with Crippen LogP contribution in [0.4, 0.5) is 10.5 Å². The van der Waals surface area contributed by atoms with E-state index in [2.05, 4.69) is 10.3 Å². The van der Waals surface area contributed by atoms with Gasteiger partial charge < -0.3 is 25.9 Å². The number of ether oxygens (including phenoxy) is 1. The number of carboxylic acid groups (broad SMARTS) is 1. The van der Waals surface area contributed by atoms with E-state index in [4.69, 9.17) is 10.5 Å². The van der Waals surface area contributed by atoms with Crippen LogP contribution >= 0.6 is 0 Å². The molecule has 5 N–H and O–H groups in total. The SMILES string of the molecule is COc1cccc(C2c3[nH]c4ccccc4c3CC3C(=O)N(c4ccccc4C(=O)NC(CCC(N)=O)C(=O)O)C(=O)N32)c1. The van der Waals surface area contributed by atoms with Gasteiger partial charge in [0.25, 0.3) is 11.8 Å². The number of para-hydroxylation sites is 2. The van der Waals surface area contributed by atoms with Crippen LogP contribution in [0.2, 0.25) is 0 Å². The van der Waals surface area contributed by atoms with E-state index >= 15 is 0 Å². The monoisotopic (exact) mass is 595 g/mol. The highest BCUT2D eigenvalue weighted by molar-refractivity contribution is 6.24. The Balaban J connectivity index is 1.41. The van der Waals surface area contributed by atoms with Crippen molar-refractivity contribution in [1.29, 1.82) is 0 Å². The van der Waals surface area contributed by atoms with E-state index in [0.29, 0.717) is 5.75 Å². The van der Waals surface area contributed by atoms with Crippen LogP contribution in [0.15, 0.2) is 72.8 Å². The molecule has 12 nitrogen and oxygen atoms in total. The van der Waals surface area contributed by atoms with Crippen molar-refractivity contribution < 1.29 is 33.8 Å². The average molecular weight is 596 g/mol. The number of hydrogen-bond acceptors (Lipinski definition) is 6. The van der Waals surface area contributed by atoms with E-state index in [1.165, 1.54) is 17.0 Å². The van der Waals surface area contributed by atoms with Gasteiger partial charge in [0.05, 0.1) is 18.4 Å². The quantitative estimate of drug-likeness (QED) is 0.215. The molecule has 3 unspecified atom stereocenters. The number of aromatic nitrogens is 1. The van der Waals surface area contributed by atoms with Crippen molar-refractivity contribution in [3.05, 3.63) is 95.2 Å². The number of methoxy groups -OCH3 is 1. The number of primary amides is 1. The fourth-order valence-corrected chi connectivity index (χ4v) is 6.09. The number of carbonyl (C=O) groups excluding carboxylic acids is 4. The highest BCUT2D eigenvalue weighted by Crippen LogP contribution is 2.45. The smallest absolute Gasteiger partial charge is 0.332 e. The zero-order valence-corrected chi connectivity index (χ0v) is 23.7. The average Bonchev–Trinajstić information content (AvgIpc) is 3.51. The Morgan fingerprint density at radius 1 is 1.07 bits per heavy atom. The summed E-state index contributed by atoms with van der Waals surface area (Å²) in [5.41, 5.74) is 8.43. The number of fused-ring (bicyclic) bond motifs is 4. The summed E-state index contributed by atoms with van der Waals surface area (Å²) in [5, 5.41) is 12.9. The number of nitrogens with two attached hydrogens (primary N) is 1. The third-order valence-corrected chi connectivity index (χ3v) is 8.13. The minimum atomic E-state index is -1.41. The summed E-state index contributed by atoms with van der Waals surface area (Å²) in [6.45, 7) is 0. The lowest BCUT2D eigenvalue weighted by atomic mass is 9.89. The van der Waals surface area contributed by atoms with E-state index in [9.17, 15) is 29.1 Å². The Morgan fingerprint density at radius 3 is 2.57 bits per heavy atom.